The maximum Gasteiger partial charge on any atom is 0.419 e. The third kappa shape index (κ3) is 6.12. The largest absolute Gasteiger partial charge is 0.496 e. The summed E-state index contributed by atoms with van der Waals surface area (Å²) in [6, 6.07) is 12.6. The van der Waals surface area contributed by atoms with Crippen molar-refractivity contribution in [1.82, 2.24) is 0 Å². The minimum Gasteiger partial charge on any atom is -0.496 e. The monoisotopic (exact) mass is 508 g/mol. The molecule has 0 N–H and O–H groups in total. The van der Waals surface area contributed by atoms with E-state index in [-0.39, 0.29) is 46.8 Å². The van der Waals surface area contributed by atoms with Crippen LogP contribution in [-0.4, -0.2) is 20.2 Å². The number of rotatable bonds is 8. The number of carbonyl (C=O) groups is 1. The molecule has 0 saturated heterocycles. The molecule has 0 aliphatic heterocycles. The molecule has 0 bridgehead atoms. The lowest BCUT2D eigenvalue weighted by Gasteiger charge is -2.17. The summed E-state index contributed by atoms with van der Waals surface area (Å²) in [5.41, 5.74) is 0.372. The number of hydrogen-bond acceptors (Lipinski definition) is 5. The Balaban J connectivity index is 2.12. The number of methoxy groups -OCH3 is 2. The molecule has 0 spiro atoms. The Kier molecular flexibility index (Phi) is 8.18. The molecular weight excluding hydrogens is 487 g/mol. The van der Waals surface area contributed by atoms with Gasteiger partial charge < -0.3 is 18.9 Å². The van der Waals surface area contributed by atoms with Gasteiger partial charge in [-0.2, -0.15) is 22.0 Å². The van der Waals surface area contributed by atoms with Crippen molar-refractivity contribution in [3.63, 3.8) is 0 Å². The van der Waals surface area contributed by atoms with Crippen LogP contribution in [0.25, 0.3) is 22.3 Å². The Morgan fingerprint density at radius 3 is 2.00 bits per heavy atom. The maximum atomic E-state index is 13.4. The molecule has 0 aliphatic carbocycles. The van der Waals surface area contributed by atoms with Crippen LogP contribution in [0.1, 0.15) is 18.9 Å². The van der Waals surface area contributed by atoms with E-state index in [1.54, 1.807) is 31.2 Å². The SMILES string of the molecule is CCC(=O)Oc1cc(OC)cc(OC=C(F)F)c1-c1ccc(-c2ccc(OC)c(C(F)(F)F)c2)cc1. The van der Waals surface area contributed by atoms with Gasteiger partial charge in [0, 0.05) is 18.6 Å². The van der Waals surface area contributed by atoms with E-state index < -0.39 is 23.8 Å². The zero-order valence-electron chi connectivity index (χ0n) is 19.4. The summed E-state index contributed by atoms with van der Waals surface area (Å²) in [7, 11) is 2.50. The van der Waals surface area contributed by atoms with E-state index in [4.69, 9.17) is 18.9 Å². The lowest BCUT2D eigenvalue weighted by Crippen LogP contribution is -2.07. The number of halogens is 5. The highest BCUT2D eigenvalue weighted by Crippen LogP contribution is 2.44. The summed E-state index contributed by atoms with van der Waals surface area (Å²) in [5.74, 6) is -0.788. The van der Waals surface area contributed by atoms with Crippen LogP contribution in [0.2, 0.25) is 0 Å². The molecule has 3 aromatic carbocycles. The summed E-state index contributed by atoms with van der Waals surface area (Å²) in [5, 5.41) is 0. The van der Waals surface area contributed by atoms with Crippen molar-refractivity contribution in [3.8, 4) is 45.3 Å². The molecule has 0 amide bonds. The second-order valence-corrected chi connectivity index (χ2v) is 7.34. The second-order valence-electron chi connectivity index (χ2n) is 7.34. The number of alkyl halides is 3. The quantitative estimate of drug-likeness (QED) is 0.137. The molecule has 0 aromatic heterocycles. The molecule has 36 heavy (non-hydrogen) atoms. The molecular formula is C26H21F5O5. The van der Waals surface area contributed by atoms with Crippen LogP contribution < -0.4 is 18.9 Å². The number of carbonyl (C=O) groups excluding carboxylic acids is 1. The van der Waals surface area contributed by atoms with E-state index in [0.29, 0.717) is 11.1 Å². The van der Waals surface area contributed by atoms with Gasteiger partial charge in [0.15, 0.2) is 6.26 Å². The standard InChI is InChI=1S/C26H21F5O5/c1-4-24(32)36-22-13-18(33-2)12-21(35-14-23(27)28)25(22)16-7-5-15(6-8-16)17-9-10-20(34-3)19(11-17)26(29,30)31/h5-14H,4H2,1-3H3. The van der Waals surface area contributed by atoms with Crippen molar-refractivity contribution in [2.45, 2.75) is 19.5 Å². The van der Waals surface area contributed by atoms with Crippen LogP contribution in [0.5, 0.6) is 23.0 Å². The van der Waals surface area contributed by atoms with Crippen molar-refractivity contribution in [2.75, 3.05) is 14.2 Å². The molecule has 3 aromatic rings. The summed E-state index contributed by atoms with van der Waals surface area (Å²) in [6.07, 6.45) is -6.43. The first-order chi connectivity index (χ1) is 17.1. The molecule has 190 valence electrons. The molecule has 0 unspecified atom stereocenters. The number of esters is 1. The van der Waals surface area contributed by atoms with Crippen LogP contribution in [0.4, 0.5) is 22.0 Å². The van der Waals surface area contributed by atoms with Gasteiger partial charge in [-0.1, -0.05) is 37.3 Å². The molecule has 0 heterocycles. The van der Waals surface area contributed by atoms with Gasteiger partial charge in [-0.25, -0.2) is 0 Å². The first kappa shape index (κ1) is 26.5. The Morgan fingerprint density at radius 1 is 0.833 bits per heavy atom. The van der Waals surface area contributed by atoms with E-state index >= 15 is 0 Å². The molecule has 0 aliphatic rings. The molecule has 0 saturated carbocycles. The zero-order chi connectivity index (χ0) is 26.5. The van der Waals surface area contributed by atoms with Crippen molar-refractivity contribution < 1.29 is 45.7 Å². The van der Waals surface area contributed by atoms with Crippen LogP contribution in [-0.2, 0) is 11.0 Å². The molecule has 5 nitrogen and oxygen atoms in total. The fourth-order valence-electron chi connectivity index (χ4n) is 3.38. The Hall–Kier alpha value is -4.08. The highest BCUT2D eigenvalue weighted by molar-refractivity contribution is 5.83. The van der Waals surface area contributed by atoms with Crippen LogP contribution in [0.15, 0.2) is 66.9 Å². The lowest BCUT2D eigenvalue weighted by molar-refractivity contribution is -0.138. The highest BCUT2D eigenvalue weighted by atomic mass is 19.4. The normalized spacial score (nSPS) is 11.0. The van der Waals surface area contributed by atoms with E-state index in [0.717, 1.165) is 13.2 Å². The van der Waals surface area contributed by atoms with Crippen LogP contribution in [0.3, 0.4) is 0 Å². The van der Waals surface area contributed by atoms with Gasteiger partial charge in [0.2, 0.25) is 0 Å². The van der Waals surface area contributed by atoms with Gasteiger partial charge in [0.1, 0.15) is 23.0 Å². The van der Waals surface area contributed by atoms with Crippen molar-refractivity contribution in [1.29, 1.82) is 0 Å². The third-order valence-electron chi connectivity index (χ3n) is 5.07. The Morgan fingerprint density at radius 2 is 1.44 bits per heavy atom. The molecule has 0 radical (unpaired) electrons. The lowest BCUT2D eigenvalue weighted by atomic mass is 9.97. The summed E-state index contributed by atoms with van der Waals surface area (Å²) >= 11 is 0. The van der Waals surface area contributed by atoms with Crippen LogP contribution >= 0.6 is 0 Å². The topological polar surface area (TPSA) is 54.0 Å². The second kappa shape index (κ2) is 11.1. The summed E-state index contributed by atoms with van der Waals surface area (Å²) < 4.78 is 86.3. The summed E-state index contributed by atoms with van der Waals surface area (Å²) in [4.78, 5) is 12.0. The van der Waals surface area contributed by atoms with E-state index in [1.807, 2.05) is 0 Å². The first-order valence-electron chi connectivity index (χ1n) is 10.5. The minimum atomic E-state index is -4.62. The minimum absolute atomic E-state index is 0.000390. The first-order valence-corrected chi connectivity index (χ1v) is 10.5. The number of benzene rings is 3. The van der Waals surface area contributed by atoms with Gasteiger partial charge in [-0.05, 0) is 28.8 Å². The van der Waals surface area contributed by atoms with Crippen LogP contribution in [0, 0.1) is 0 Å². The molecule has 0 atom stereocenters. The third-order valence-corrected chi connectivity index (χ3v) is 5.07. The van der Waals surface area contributed by atoms with Gasteiger partial charge in [0.05, 0.1) is 25.3 Å². The van der Waals surface area contributed by atoms with E-state index in [2.05, 4.69) is 0 Å². The average molecular weight is 508 g/mol. The van der Waals surface area contributed by atoms with Gasteiger partial charge >= 0.3 is 18.2 Å². The van der Waals surface area contributed by atoms with E-state index in [9.17, 15) is 26.7 Å². The predicted molar refractivity (Wildman–Crippen MR) is 122 cm³/mol. The molecule has 3 rings (SSSR count). The predicted octanol–water partition coefficient (Wildman–Crippen LogP) is 7.49. The van der Waals surface area contributed by atoms with Crippen molar-refractivity contribution in [2.24, 2.45) is 0 Å². The van der Waals surface area contributed by atoms with Crippen molar-refractivity contribution >= 4 is 5.97 Å². The number of ether oxygens (including phenoxy) is 4. The highest BCUT2D eigenvalue weighted by Gasteiger charge is 2.34. The zero-order valence-corrected chi connectivity index (χ0v) is 19.4. The van der Waals surface area contributed by atoms with Gasteiger partial charge in [0.25, 0.3) is 0 Å². The fourth-order valence-corrected chi connectivity index (χ4v) is 3.38. The molecule has 0 fully saturated rings. The Labute approximate surface area is 203 Å². The van der Waals surface area contributed by atoms with Gasteiger partial charge in [-0.3, -0.25) is 4.79 Å². The average Bonchev–Trinajstić information content (AvgIpc) is 2.86. The van der Waals surface area contributed by atoms with Gasteiger partial charge in [-0.15, -0.1) is 0 Å². The molecule has 10 heteroatoms. The smallest absolute Gasteiger partial charge is 0.419 e. The Bertz CT molecular complexity index is 1260. The van der Waals surface area contributed by atoms with E-state index in [1.165, 1.54) is 31.4 Å². The summed E-state index contributed by atoms with van der Waals surface area (Å²) in [6.45, 7) is 1.58. The number of hydrogen-bond donors (Lipinski definition) is 0. The fraction of sp³-hybridized carbons (Fsp3) is 0.192. The maximum absolute atomic E-state index is 13.4. The van der Waals surface area contributed by atoms with Crippen molar-refractivity contribution in [3.05, 3.63) is 72.5 Å².